The van der Waals surface area contributed by atoms with Crippen molar-refractivity contribution in [2.75, 3.05) is 47.3 Å². The third kappa shape index (κ3) is 3.80. The van der Waals surface area contributed by atoms with Crippen LogP contribution in [-0.2, 0) is 13.0 Å². The Labute approximate surface area is 118 Å². The second-order valence-corrected chi connectivity index (χ2v) is 7.15. The smallest absolute Gasteiger partial charge is 0.105 e. The summed E-state index contributed by atoms with van der Waals surface area (Å²) in [5.74, 6) is 0. The van der Waals surface area contributed by atoms with Gasteiger partial charge >= 0.3 is 0 Å². The lowest BCUT2D eigenvalue weighted by molar-refractivity contribution is -0.945. The highest BCUT2D eigenvalue weighted by atomic mass is 15.4. The first-order chi connectivity index (χ1) is 8.94. The molecule has 0 bridgehead atoms. The molecule has 1 aromatic rings. The van der Waals surface area contributed by atoms with Crippen molar-refractivity contribution in [1.82, 2.24) is 0 Å². The van der Waals surface area contributed by atoms with Crippen molar-refractivity contribution < 1.29 is 8.97 Å². The Hall–Kier alpha value is -0.860. The number of quaternary nitrogens is 2. The van der Waals surface area contributed by atoms with Gasteiger partial charge in [0.25, 0.3) is 0 Å². The first-order valence-corrected chi connectivity index (χ1v) is 7.66. The molecule has 0 aliphatic carbocycles. The molecule has 2 rings (SSSR count). The van der Waals surface area contributed by atoms with Crippen LogP contribution in [0.25, 0.3) is 0 Å². The van der Waals surface area contributed by atoms with E-state index in [1.807, 2.05) is 0 Å². The quantitative estimate of drug-likeness (QED) is 0.716. The summed E-state index contributed by atoms with van der Waals surface area (Å²) in [5.41, 5.74) is 3.16. The number of nitrogens with zero attached hydrogens (tertiary/aromatic N) is 2. The van der Waals surface area contributed by atoms with E-state index in [2.05, 4.69) is 52.3 Å². The van der Waals surface area contributed by atoms with Crippen LogP contribution < -0.4 is 0 Å². The van der Waals surface area contributed by atoms with Crippen molar-refractivity contribution in [2.24, 2.45) is 0 Å². The molecular weight excluding hydrogens is 232 g/mol. The minimum absolute atomic E-state index is 1.08. The van der Waals surface area contributed by atoms with Crippen LogP contribution in [-0.4, -0.2) is 56.3 Å². The fourth-order valence-corrected chi connectivity index (χ4v) is 3.25. The largest absolute Gasteiger partial charge is 0.331 e. The Bertz CT molecular complexity index is 420. The second kappa shape index (κ2) is 5.64. The Kier molecular flexibility index (Phi) is 4.32. The van der Waals surface area contributed by atoms with Crippen LogP contribution in [0, 0.1) is 0 Å². The van der Waals surface area contributed by atoms with Crippen molar-refractivity contribution in [3.63, 3.8) is 0 Å². The molecule has 0 radical (unpaired) electrons. The molecule has 0 aromatic heterocycles. The molecule has 2 nitrogen and oxygen atoms in total. The van der Waals surface area contributed by atoms with E-state index in [0.29, 0.717) is 0 Å². The van der Waals surface area contributed by atoms with E-state index in [-0.39, 0.29) is 0 Å². The summed E-state index contributed by atoms with van der Waals surface area (Å²) in [6.45, 7) is 8.81. The third-order valence-corrected chi connectivity index (χ3v) is 4.61. The van der Waals surface area contributed by atoms with Gasteiger partial charge in [-0.3, -0.25) is 0 Å². The van der Waals surface area contributed by atoms with Crippen LogP contribution >= 0.6 is 0 Å². The van der Waals surface area contributed by atoms with Crippen LogP contribution in [0.5, 0.6) is 0 Å². The van der Waals surface area contributed by atoms with Gasteiger partial charge in [-0.2, -0.15) is 0 Å². The molecule has 0 amide bonds. The van der Waals surface area contributed by atoms with Crippen molar-refractivity contribution in [3.8, 4) is 0 Å². The average Bonchev–Trinajstić information content (AvgIpc) is 2.37. The van der Waals surface area contributed by atoms with E-state index in [1.54, 1.807) is 11.1 Å². The highest BCUT2D eigenvalue weighted by Gasteiger charge is 2.31. The Morgan fingerprint density at radius 2 is 1.79 bits per heavy atom. The molecule has 19 heavy (non-hydrogen) atoms. The molecule has 2 heteroatoms. The predicted molar refractivity (Wildman–Crippen MR) is 81.9 cm³/mol. The van der Waals surface area contributed by atoms with Gasteiger partial charge in [0.2, 0.25) is 0 Å². The molecule has 0 spiro atoms. The summed E-state index contributed by atoms with van der Waals surface area (Å²) < 4.78 is 2.37. The van der Waals surface area contributed by atoms with Crippen LogP contribution in [0.3, 0.4) is 0 Å². The number of fused-ring (bicyclic) bond motifs is 1. The third-order valence-electron chi connectivity index (χ3n) is 4.61. The maximum atomic E-state index is 2.36. The first-order valence-electron chi connectivity index (χ1n) is 7.66. The van der Waals surface area contributed by atoms with E-state index in [9.17, 15) is 0 Å². The molecule has 0 fully saturated rings. The standard InChI is InChI=1S/C17H30N2/c1-5-19(13-8-12-18(2,3)4)14-11-16-9-6-7-10-17(16)15-19/h6-7,9-10H,5,8,11-15H2,1-4H3/q+2. The molecule has 106 valence electrons. The zero-order chi connectivity index (χ0) is 13.9. The van der Waals surface area contributed by atoms with Gasteiger partial charge in [0, 0.05) is 18.4 Å². The molecule has 1 aliphatic rings. The van der Waals surface area contributed by atoms with E-state index in [4.69, 9.17) is 0 Å². The van der Waals surface area contributed by atoms with Crippen molar-refractivity contribution in [2.45, 2.75) is 26.3 Å². The maximum Gasteiger partial charge on any atom is 0.105 e. The van der Waals surface area contributed by atoms with Gasteiger partial charge in [-0.05, 0) is 12.5 Å². The van der Waals surface area contributed by atoms with E-state index in [0.717, 1.165) is 4.48 Å². The molecule has 1 unspecified atom stereocenters. The zero-order valence-corrected chi connectivity index (χ0v) is 13.2. The molecular formula is C17H30N2+2. The fraction of sp³-hybridized carbons (Fsp3) is 0.647. The van der Waals surface area contributed by atoms with Gasteiger partial charge in [0.05, 0.1) is 47.3 Å². The minimum Gasteiger partial charge on any atom is -0.331 e. The summed E-state index contributed by atoms with van der Waals surface area (Å²) >= 11 is 0. The van der Waals surface area contributed by atoms with Gasteiger partial charge in [0.15, 0.2) is 0 Å². The van der Waals surface area contributed by atoms with Gasteiger partial charge in [0.1, 0.15) is 6.54 Å². The van der Waals surface area contributed by atoms with Crippen LogP contribution in [0.1, 0.15) is 24.5 Å². The van der Waals surface area contributed by atoms with Crippen molar-refractivity contribution >= 4 is 0 Å². The summed E-state index contributed by atoms with van der Waals surface area (Å²) in [6.07, 6.45) is 2.59. The van der Waals surface area contributed by atoms with Crippen molar-refractivity contribution in [3.05, 3.63) is 35.4 Å². The molecule has 0 N–H and O–H groups in total. The SMILES string of the molecule is CC[N+]1(CCC[N+](C)(C)C)CCc2ccccc2C1. The van der Waals surface area contributed by atoms with Gasteiger partial charge in [-0.25, -0.2) is 0 Å². The minimum atomic E-state index is 1.08. The van der Waals surface area contributed by atoms with Crippen LogP contribution in [0.4, 0.5) is 0 Å². The summed E-state index contributed by atoms with van der Waals surface area (Å²) in [7, 11) is 6.88. The lowest BCUT2D eigenvalue weighted by Crippen LogP contribution is -2.52. The first kappa shape index (κ1) is 14.5. The fourth-order valence-electron chi connectivity index (χ4n) is 3.25. The summed E-state index contributed by atoms with van der Waals surface area (Å²) in [6, 6.07) is 9.02. The van der Waals surface area contributed by atoms with Crippen molar-refractivity contribution in [1.29, 1.82) is 0 Å². The van der Waals surface area contributed by atoms with E-state index in [1.165, 1.54) is 50.0 Å². The second-order valence-electron chi connectivity index (χ2n) is 7.15. The number of likely N-dealkylation sites (N-methyl/N-ethyl adjacent to an activating group) is 1. The topological polar surface area (TPSA) is 0 Å². The monoisotopic (exact) mass is 262 g/mol. The lowest BCUT2D eigenvalue weighted by Gasteiger charge is -2.42. The number of hydrogen-bond acceptors (Lipinski definition) is 0. The van der Waals surface area contributed by atoms with Gasteiger partial charge in [-0.1, -0.05) is 24.3 Å². The highest BCUT2D eigenvalue weighted by Crippen LogP contribution is 2.25. The number of benzene rings is 1. The van der Waals surface area contributed by atoms with Gasteiger partial charge in [-0.15, -0.1) is 0 Å². The molecule has 1 aliphatic heterocycles. The van der Waals surface area contributed by atoms with Gasteiger partial charge < -0.3 is 8.97 Å². The molecule has 1 heterocycles. The predicted octanol–water partition coefficient (Wildman–Crippen LogP) is 2.68. The summed E-state index contributed by atoms with van der Waals surface area (Å²) in [4.78, 5) is 0. The number of rotatable bonds is 5. The zero-order valence-electron chi connectivity index (χ0n) is 13.2. The average molecular weight is 262 g/mol. The Morgan fingerprint density at radius 3 is 2.42 bits per heavy atom. The van der Waals surface area contributed by atoms with E-state index < -0.39 is 0 Å². The van der Waals surface area contributed by atoms with Crippen LogP contribution in [0.2, 0.25) is 0 Å². The summed E-state index contributed by atoms with van der Waals surface area (Å²) in [5, 5.41) is 0. The maximum absolute atomic E-state index is 2.36. The Morgan fingerprint density at radius 1 is 1.11 bits per heavy atom. The lowest BCUT2D eigenvalue weighted by atomic mass is 9.97. The highest BCUT2D eigenvalue weighted by molar-refractivity contribution is 5.27. The Balaban J connectivity index is 2.01. The molecule has 0 saturated heterocycles. The molecule has 1 aromatic carbocycles. The normalized spacial score (nSPS) is 23.2. The van der Waals surface area contributed by atoms with E-state index >= 15 is 0 Å². The van der Waals surface area contributed by atoms with Crippen LogP contribution in [0.15, 0.2) is 24.3 Å². The number of hydrogen-bond donors (Lipinski definition) is 0. The molecule has 1 atom stereocenters. The molecule has 0 saturated carbocycles.